The molecule has 0 saturated heterocycles. The Hall–Kier alpha value is -1.62. The van der Waals surface area contributed by atoms with Gasteiger partial charge in [-0.2, -0.15) is 0 Å². The summed E-state index contributed by atoms with van der Waals surface area (Å²) in [7, 11) is 1.86. The molecule has 0 amide bonds. The minimum atomic E-state index is -0.362. The molecule has 2 saturated carbocycles. The van der Waals surface area contributed by atoms with E-state index in [1.165, 1.54) is 25.7 Å². The molecule has 2 bridgehead atoms. The van der Waals surface area contributed by atoms with Crippen molar-refractivity contribution in [2.45, 2.75) is 32.2 Å². The second kappa shape index (κ2) is 6.02. The van der Waals surface area contributed by atoms with Crippen LogP contribution in [-0.4, -0.2) is 18.6 Å². The molecule has 3 unspecified atom stereocenters. The molecule has 3 atom stereocenters. The van der Waals surface area contributed by atoms with Gasteiger partial charge in [0.1, 0.15) is 0 Å². The van der Waals surface area contributed by atoms with E-state index in [1.807, 2.05) is 7.05 Å². The summed E-state index contributed by atoms with van der Waals surface area (Å²) in [6, 6.07) is 5.11. The van der Waals surface area contributed by atoms with Crippen LogP contribution < -0.4 is 10.1 Å². The van der Waals surface area contributed by atoms with Gasteiger partial charge in [-0.3, -0.25) is 10.1 Å². The lowest BCUT2D eigenvalue weighted by Gasteiger charge is -2.21. The molecule has 3 rings (SSSR count). The molecule has 1 aromatic carbocycles. The first-order valence-corrected chi connectivity index (χ1v) is 7.72. The van der Waals surface area contributed by atoms with Crippen LogP contribution in [0.2, 0.25) is 0 Å². The fourth-order valence-electron chi connectivity index (χ4n) is 3.92. The summed E-state index contributed by atoms with van der Waals surface area (Å²) in [5.74, 6) is 2.63. The van der Waals surface area contributed by atoms with E-state index in [9.17, 15) is 10.1 Å². The van der Waals surface area contributed by atoms with Crippen LogP contribution in [-0.2, 0) is 6.54 Å². The van der Waals surface area contributed by atoms with Crippen LogP contribution in [0.3, 0.4) is 0 Å². The predicted molar refractivity (Wildman–Crippen MR) is 80.3 cm³/mol. The quantitative estimate of drug-likeness (QED) is 0.646. The Kier molecular flexibility index (Phi) is 4.10. The van der Waals surface area contributed by atoms with E-state index in [0.717, 1.165) is 17.4 Å². The number of benzene rings is 1. The van der Waals surface area contributed by atoms with Crippen molar-refractivity contribution in [1.29, 1.82) is 0 Å². The number of ether oxygens (including phenoxy) is 1. The zero-order chi connectivity index (χ0) is 14.8. The molecule has 114 valence electrons. The maximum Gasteiger partial charge on any atom is 0.310 e. The Balaban J connectivity index is 1.70. The molecule has 0 spiro atoms. The van der Waals surface area contributed by atoms with Crippen LogP contribution in [0.4, 0.5) is 5.69 Å². The number of fused-ring (bicyclic) bond motifs is 2. The van der Waals surface area contributed by atoms with Crippen molar-refractivity contribution in [1.82, 2.24) is 5.32 Å². The van der Waals surface area contributed by atoms with Gasteiger partial charge in [0.05, 0.1) is 11.5 Å². The van der Waals surface area contributed by atoms with Gasteiger partial charge in [-0.15, -0.1) is 0 Å². The Labute approximate surface area is 124 Å². The van der Waals surface area contributed by atoms with Gasteiger partial charge in [-0.1, -0.05) is 12.5 Å². The largest absolute Gasteiger partial charge is 0.487 e. The minimum absolute atomic E-state index is 0.0676. The van der Waals surface area contributed by atoms with Crippen LogP contribution >= 0.6 is 0 Å². The third-order valence-electron chi connectivity index (χ3n) is 4.94. The third-order valence-corrected chi connectivity index (χ3v) is 4.94. The SMILES string of the molecule is CNCc1ccc([N+](=O)[O-])c(OCC2CC3CCC2C3)c1. The fourth-order valence-corrected chi connectivity index (χ4v) is 3.92. The second-order valence-electron chi connectivity index (χ2n) is 6.34. The lowest BCUT2D eigenvalue weighted by Crippen LogP contribution is -2.19. The molecule has 2 fully saturated rings. The highest BCUT2D eigenvalue weighted by Crippen LogP contribution is 2.48. The maximum absolute atomic E-state index is 11.1. The van der Waals surface area contributed by atoms with Gasteiger partial charge >= 0.3 is 5.69 Å². The zero-order valence-corrected chi connectivity index (χ0v) is 12.4. The highest BCUT2D eigenvalue weighted by Gasteiger charge is 2.39. The molecule has 0 radical (unpaired) electrons. The molecule has 2 aliphatic carbocycles. The van der Waals surface area contributed by atoms with E-state index in [2.05, 4.69) is 5.32 Å². The summed E-state index contributed by atoms with van der Waals surface area (Å²) >= 11 is 0. The predicted octanol–water partition coefficient (Wildman–Crippen LogP) is 3.13. The smallest absolute Gasteiger partial charge is 0.310 e. The minimum Gasteiger partial charge on any atom is -0.487 e. The number of nitro benzene ring substituents is 1. The summed E-state index contributed by atoms with van der Waals surface area (Å²) in [5.41, 5.74) is 1.07. The molecule has 0 aromatic heterocycles. The summed E-state index contributed by atoms with van der Waals surface area (Å²) < 4.78 is 5.85. The first-order valence-electron chi connectivity index (χ1n) is 7.72. The van der Waals surface area contributed by atoms with Crippen molar-refractivity contribution >= 4 is 5.69 Å². The average Bonchev–Trinajstić information content (AvgIpc) is 3.08. The number of nitrogens with zero attached hydrogens (tertiary/aromatic N) is 1. The van der Waals surface area contributed by atoms with Crippen LogP contribution in [0.5, 0.6) is 5.75 Å². The van der Waals surface area contributed by atoms with Crippen molar-refractivity contribution in [2.75, 3.05) is 13.7 Å². The van der Waals surface area contributed by atoms with Gasteiger partial charge in [0.25, 0.3) is 0 Å². The lowest BCUT2D eigenvalue weighted by atomic mass is 9.89. The van der Waals surface area contributed by atoms with Gasteiger partial charge in [0.2, 0.25) is 0 Å². The number of nitrogens with one attached hydrogen (secondary N) is 1. The second-order valence-corrected chi connectivity index (χ2v) is 6.34. The standard InChI is InChI=1S/C16H22N2O3/c1-17-9-12-3-5-15(18(19)20)16(8-12)21-10-14-7-11-2-4-13(14)6-11/h3,5,8,11,13-14,17H,2,4,6-7,9-10H2,1H3. The van der Waals surface area contributed by atoms with Gasteiger partial charge < -0.3 is 10.1 Å². The van der Waals surface area contributed by atoms with Crippen LogP contribution in [0, 0.1) is 27.9 Å². The van der Waals surface area contributed by atoms with Gasteiger partial charge in [0.15, 0.2) is 5.75 Å². The summed E-state index contributed by atoms with van der Waals surface area (Å²) in [6.07, 6.45) is 5.23. The Morgan fingerprint density at radius 2 is 2.24 bits per heavy atom. The van der Waals surface area contributed by atoms with Gasteiger partial charge in [-0.25, -0.2) is 0 Å². The maximum atomic E-state index is 11.1. The van der Waals surface area contributed by atoms with Crippen LogP contribution in [0.25, 0.3) is 0 Å². The van der Waals surface area contributed by atoms with E-state index in [1.54, 1.807) is 18.2 Å². The molecule has 21 heavy (non-hydrogen) atoms. The normalized spacial score (nSPS) is 27.0. The Morgan fingerprint density at radius 3 is 2.86 bits per heavy atom. The number of nitro groups is 1. The number of rotatable bonds is 6. The molecular formula is C16H22N2O3. The Morgan fingerprint density at radius 1 is 1.38 bits per heavy atom. The molecular weight excluding hydrogens is 268 g/mol. The van der Waals surface area contributed by atoms with Crippen molar-refractivity contribution in [3.63, 3.8) is 0 Å². The third kappa shape index (κ3) is 3.02. The first kappa shape index (κ1) is 14.3. The molecule has 0 heterocycles. The van der Waals surface area contributed by atoms with E-state index in [-0.39, 0.29) is 10.6 Å². The highest BCUT2D eigenvalue weighted by atomic mass is 16.6. The molecule has 2 aliphatic rings. The van der Waals surface area contributed by atoms with Crippen LogP contribution in [0.15, 0.2) is 18.2 Å². The monoisotopic (exact) mass is 290 g/mol. The van der Waals surface area contributed by atoms with E-state index < -0.39 is 0 Å². The fraction of sp³-hybridized carbons (Fsp3) is 0.625. The first-order chi connectivity index (χ1) is 10.2. The highest BCUT2D eigenvalue weighted by molar-refractivity contribution is 5.48. The van der Waals surface area contributed by atoms with Crippen molar-refractivity contribution in [2.24, 2.45) is 17.8 Å². The van der Waals surface area contributed by atoms with Gasteiger partial charge in [-0.05, 0) is 55.7 Å². The van der Waals surface area contributed by atoms with Gasteiger partial charge in [0, 0.05) is 12.6 Å². The van der Waals surface area contributed by atoms with E-state index in [4.69, 9.17) is 4.74 Å². The molecule has 5 nitrogen and oxygen atoms in total. The molecule has 1 aromatic rings. The molecule has 1 N–H and O–H groups in total. The topological polar surface area (TPSA) is 64.4 Å². The van der Waals surface area contributed by atoms with Crippen molar-refractivity contribution in [3.05, 3.63) is 33.9 Å². The van der Waals surface area contributed by atoms with Crippen molar-refractivity contribution in [3.8, 4) is 5.75 Å². The molecule has 0 aliphatic heterocycles. The lowest BCUT2D eigenvalue weighted by molar-refractivity contribution is -0.385. The average molecular weight is 290 g/mol. The number of hydrogen-bond donors (Lipinski definition) is 1. The zero-order valence-electron chi connectivity index (χ0n) is 12.4. The Bertz CT molecular complexity index is 532. The van der Waals surface area contributed by atoms with Crippen LogP contribution in [0.1, 0.15) is 31.2 Å². The van der Waals surface area contributed by atoms with E-state index >= 15 is 0 Å². The summed E-state index contributed by atoms with van der Waals surface area (Å²) in [6.45, 7) is 1.30. The summed E-state index contributed by atoms with van der Waals surface area (Å²) in [4.78, 5) is 10.8. The number of hydrogen-bond acceptors (Lipinski definition) is 4. The summed E-state index contributed by atoms with van der Waals surface area (Å²) in [5, 5.41) is 14.2. The molecule has 5 heteroatoms. The van der Waals surface area contributed by atoms with E-state index in [0.29, 0.717) is 24.8 Å². The van der Waals surface area contributed by atoms with Crippen molar-refractivity contribution < 1.29 is 9.66 Å².